The molecule has 3 rings (SSSR count). The minimum Gasteiger partial charge on any atom is -0.496 e. The van der Waals surface area contributed by atoms with E-state index in [1.807, 2.05) is 43.3 Å². The number of alkyl halides is 3. The number of rotatable bonds is 10. The van der Waals surface area contributed by atoms with E-state index in [1.54, 1.807) is 19.2 Å². The molecule has 0 spiro atoms. The van der Waals surface area contributed by atoms with Gasteiger partial charge >= 0.3 is 6.18 Å². The van der Waals surface area contributed by atoms with Gasteiger partial charge in [0.05, 0.1) is 26.0 Å². The number of aliphatic hydroxyl groups is 1. The van der Waals surface area contributed by atoms with E-state index >= 15 is 0 Å². The molecule has 0 saturated heterocycles. The lowest BCUT2D eigenvalue weighted by Gasteiger charge is -2.32. The van der Waals surface area contributed by atoms with Crippen molar-refractivity contribution in [2.75, 3.05) is 13.7 Å². The zero-order valence-corrected chi connectivity index (χ0v) is 20.5. The number of hydrogen-bond acceptors (Lipinski definition) is 4. The van der Waals surface area contributed by atoms with Gasteiger partial charge in [-0.3, -0.25) is 4.99 Å². The lowest BCUT2D eigenvalue weighted by Crippen LogP contribution is -2.46. The summed E-state index contributed by atoms with van der Waals surface area (Å²) in [7, 11) is 1.27. The van der Waals surface area contributed by atoms with Crippen LogP contribution in [0.2, 0.25) is 0 Å². The Morgan fingerprint density at radius 1 is 1.06 bits per heavy atom. The maximum absolute atomic E-state index is 14.2. The topological polar surface area (TPSA) is 51.0 Å². The maximum Gasteiger partial charge on any atom is 0.423 e. The number of aliphatic imine (C=N–C) groups is 1. The first-order chi connectivity index (χ1) is 16.6. The Labute approximate surface area is 204 Å². The van der Waals surface area contributed by atoms with Crippen molar-refractivity contribution in [3.8, 4) is 5.75 Å². The van der Waals surface area contributed by atoms with Gasteiger partial charge in [0.2, 0.25) is 5.60 Å². The standard InChI is InChI=1S/C28H32F3NO3/c1-5-8-19(2)16-32-25-15-26(34-4)24(13-20(25)3)27(33,28(29,30)31)18-35-17-21-11-12-22-9-6-7-10-23(22)14-21/h6-7,9-16,19,33H,5,8,17-18H2,1-4H3/b32-16+. The van der Waals surface area contributed by atoms with Crippen LogP contribution in [0.5, 0.6) is 5.75 Å². The molecule has 0 aliphatic heterocycles. The molecule has 0 radical (unpaired) electrons. The average Bonchev–Trinajstić information content (AvgIpc) is 2.82. The summed E-state index contributed by atoms with van der Waals surface area (Å²) in [6, 6.07) is 15.9. The van der Waals surface area contributed by atoms with Gasteiger partial charge in [0, 0.05) is 17.8 Å². The number of hydrogen-bond donors (Lipinski definition) is 1. The van der Waals surface area contributed by atoms with Crippen molar-refractivity contribution >= 4 is 22.7 Å². The predicted octanol–water partition coefficient (Wildman–Crippen LogP) is 7.26. The first-order valence-electron chi connectivity index (χ1n) is 11.7. The highest BCUT2D eigenvalue weighted by Gasteiger charge is 2.56. The molecule has 0 heterocycles. The van der Waals surface area contributed by atoms with Crippen molar-refractivity contribution in [3.63, 3.8) is 0 Å². The van der Waals surface area contributed by atoms with E-state index in [1.165, 1.54) is 19.2 Å². The van der Waals surface area contributed by atoms with E-state index in [4.69, 9.17) is 9.47 Å². The van der Waals surface area contributed by atoms with E-state index in [0.717, 1.165) is 23.6 Å². The molecule has 7 heteroatoms. The predicted molar refractivity (Wildman–Crippen MR) is 134 cm³/mol. The van der Waals surface area contributed by atoms with Crippen LogP contribution in [0.3, 0.4) is 0 Å². The zero-order chi connectivity index (χ0) is 25.6. The van der Waals surface area contributed by atoms with Crippen molar-refractivity contribution in [2.24, 2.45) is 10.9 Å². The fourth-order valence-corrected chi connectivity index (χ4v) is 4.00. The Bertz CT molecular complexity index is 1180. The van der Waals surface area contributed by atoms with Gasteiger partial charge in [0.1, 0.15) is 5.75 Å². The molecule has 0 aliphatic rings. The van der Waals surface area contributed by atoms with E-state index in [0.29, 0.717) is 16.8 Å². The van der Waals surface area contributed by atoms with Gasteiger partial charge in [-0.15, -0.1) is 0 Å². The average molecular weight is 488 g/mol. The lowest BCUT2D eigenvalue weighted by atomic mass is 9.91. The zero-order valence-electron chi connectivity index (χ0n) is 20.5. The van der Waals surface area contributed by atoms with Gasteiger partial charge < -0.3 is 14.6 Å². The Morgan fingerprint density at radius 2 is 1.77 bits per heavy atom. The highest BCUT2D eigenvalue weighted by molar-refractivity contribution is 5.82. The molecule has 0 fully saturated rings. The van der Waals surface area contributed by atoms with Crippen molar-refractivity contribution in [2.45, 2.75) is 52.0 Å². The van der Waals surface area contributed by atoms with Gasteiger partial charge in [-0.1, -0.05) is 56.7 Å². The van der Waals surface area contributed by atoms with E-state index in [-0.39, 0.29) is 18.3 Å². The largest absolute Gasteiger partial charge is 0.496 e. The third kappa shape index (κ3) is 6.21. The fraction of sp³-hybridized carbons (Fsp3) is 0.393. The number of methoxy groups -OCH3 is 1. The first-order valence-corrected chi connectivity index (χ1v) is 11.7. The summed E-state index contributed by atoms with van der Waals surface area (Å²) >= 11 is 0. The van der Waals surface area contributed by atoms with Crippen LogP contribution in [0, 0.1) is 12.8 Å². The minimum absolute atomic E-state index is 0.0811. The molecule has 2 unspecified atom stereocenters. The molecule has 3 aromatic carbocycles. The number of benzene rings is 3. The molecule has 0 aromatic heterocycles. The van der Waals surface area contributed by atoms with Gasteiger partial charge in [-0.05, 0) is 53.3 Å². The van der Waals surface area contributed by atoms with Gasteiger partial charge in [0.25, 0.3) is 0 Å². The number of halogens is 3. The first kappa shape index (κ1) is 26.7. The van der Waals surface area contributed by atoms with Crippen molar-refractivity contribution in [3.05, 3.63) is 71.3 Å². The molecule has 0 saturated carbocycles. The highest BCUT2D eigenvalue weighted by Crippen LogP contribution is 2.45. The minimum atomic E-state index is -4.99. The van der Waals surface area contributed by atoms with Crippen LogP contribution in [0.4, 0.5) is 18.9 Å². The number of ether oxygens (including phenoxy) is 2. The summed E-state index contributed by atoms with van der Waals surface area (Å²) in [4.78, 5) is 4.45. The van der Waals surface area contributed by atoms with Gasteiger partial charge in [-0.2, -0.15) is 13.2 Å². The van der Waals surface area contributed by atoms with Crippen LogP contribution in [0.1, 0.15) is 43.4 Å². The third-order valence-corrected chi connectivity index (χ3v) is 6.04. The smallest absolute Gasteiger partial charge is 0.423 e. The lowest BCUT2D eigenvalue weighted by molar-refractivity contribution is -0.283. The summed E-state index contributed by atoms with van der Waals surface area (Å²) < 4.78 is 53.3. The van der Waals surface area contributed by atoms with Crippen LogP contribution >= 0.6 is 0 Å². The van der Waals surface area contributed by atoms with Crippen molar-refractivity contribution in [1.29, 1.82) is 0 Å². The molecular weight excluding hydrogens is 455 g/mol. The molecule has 0 amide bonds. The molecule has 35 heavy (non-hydrogen) atoms. The second-order valence-electron chi connectivity index (χ2n) is 8.92. The summed E-state index contributed by atoms with van der Waals surface area (Å²) in [5, 5.41) is 12.9. The summed E-state index contributed by atoms with van der Waals surface area (Å²) in [6.07, 6.45) is -1.24. The molecule has 0 aliphatic carbocycles. The second kappa shape index (κ2) is 11.2. The Hall–Kier alpha value is -2.90. The summed E-state index contributed by atoms with van der Waals surface area (Å²) in [5.41, 5.74) is -1.95. The molecule has 3 aromatic rings. The Balaban J connectivity index is 1.87. The molecular formula is C28H32F3NO3. The highest BCUT2D eigenvalue weighted by atomic mass is 19.4. The number of fused-ring (bicyclic) bond motifs is 1. The molecule has 1 N–H and O–H groups in total. The monoisotopic (exact) mass is 487 g/mol. The molecule has 4 nitrogen and oxygen atoms in total. The molecule has 2 atom stereocenters. The Morgan fingerprint density at radius 3 is 2.43 bits per heavy atom. The number of aryl methyl sites for hydroxylation is 1. The number of nitrogens with zero attached hydrogens (tertiary/aromatic N) is 1. The van der Waals surface area contributed by atoms with E-state index in [2.05, 4.69) is 11.9 Å². The third-order valence-electron chi connectivity index (χ3n) is 6.04. The van der Waals surface area contributed by atoms with Crippen LogP contribution in [-0.2, 0) is 16.9 Å². The van der Waals surface area contributed by atoms with Crippen molar-refractivity contribution in [1.82, 2.24) is 0 Å². The quantitative estimate of drug-likeness (QED) is 0.306. The van der Waals surface area contributed by atoms with Crippen LogP contribution in [0.15, 0.2) is 59.6 Å². The summed E-state index contributed by atoms with van der Waals surface area (Å²) in [5.74, 6) is 0.140. The second-order valence-corrected chi connectivity index (χ2v) is 8.92. The molecule has 188 valence electrons. The maximum atomic E-state index is 14.2. The normalized spacial score (nSPS) is 14.9. The summed E-state index contributed by atoms with van der Waals surface area (Å²) in [6.45, 7) is 4.71. The molecule has 0 bridgehead atoms. The van der Waals surface area contributed by atoms with E-state index < -0.39 is 23.9 Å². The SMILES string of the molecule is CCCC(C)/C=N/c1cc(OC)c(C(O)(COCc2ccc3ccccc3c2)C(F)(F)F)cc1C. The van der Waals surface area contributed by atoms with Gasteiger partial charge in [0.15, 0.2) is 0 Å². The van der Waals surface area contributed by atoms with Crippen LogP contribution in [0.25, 0.3) is 10.8 Å². The fourth-order valence-electron chi connectivity index (χ4n) is 4.00. The van der Waals surface area contributed by atoms with E-state index in [9.17, 15) is 18.3 Å². The van der Waals surface area contributed by atoms with Crippen molar-refractivity contribution < 1.29 is 27.8 Å². The Kier molecular flexibility index (Phi) is 8.56. The van der Waals surface area contributed by atoms with Crippen LogP contribution < -0.4 is 4.74 Å². The van der Waals surface area contributed by atoms with Gasteiger partial charge in [-0.25, -0.2) is 0 Å². The van der Waals surface area contributed by atoms with Crippen LogP contribution in [-0.4, -0.2) is 31.2 Å².